The third kappa shape index (κ3) is 22.9. The molecule has 0 radical (unpaired) electrons. The van der Waals surface area contributed by atoms with Crippen molar-refractivity contribution in [3.05, 3.63) is 0 Å². The van der Waals surface area contributed by atoms with Gasteiger partial charge < -0.3 is 31.5 Å². The van der Waals surface area contributed by atoms with E-state index in [1.807, 2.05) is 0 Å². The number of nitrogens with two attached hydrogens (primary N) is 1. The topological polar surface area (TPSA) is 109 Å². The van der Waals surface area contributed by atoms with Crippen LogP contribution in [0.25, 0.3) is 0 Å². The molecule has 37 heavy (non-hydrogen) atoms. The highest BCUT2D eigenvalue weighted by Gasteiger charge is 2.34. The number of rotatable bonds is 29. The summed E-state index contributed by atoms with van der Waals surface area (Å²) in [7, 11) is 0. The SMILES string of the molecule is CCCCCCCCCC(C)(CCCCCCCCC)C(=O)OC[C@H](O)CNCCNCCNCCN. The number of ether oxygens (including phenoxy) is 1. The minimum absolute atomic E-state index is 0.0614. The Balaban J connectivity index is 4.30. The zero-order valence-electron chi connectivity index (χ0n) is 24.9. The average Bonchev–Trinajstić information content (AvgIpc) is 2.89. The van der Waals surface area contributed by atoms with E-state index < -0.39 is 11.5 Å². The predicted molar refractivity (Wildman–Crippen MR) is 158 cm³/mol. The maximum absolute atomic E-state index is 13.1. The van der Waals surface area contributed by atoms with Gasteiger partial charge in [-0.25, -0.2) is 0 Å². The van der Waals surface area contributed by atoms with Gasteiger partial charge in [0.2, 0.25) is 0 Å². The van der Waals surface area contributed by atoms with Gasteiger partial charge in [-0.2, -0.15) is 0 Å². The summed E-state index contributed by atoms with van der Waals surface area (Å²) in [5.41, 5.74) is 5.01. The summed E-state index contributed by atoms with van der Waals surface area (Å²) in [6.45, 7) is 11.9. The number of hydrogen-bond acceptors (Lipinski definition) is 7. The highest BCUT2D eigenvalue weighted by atomic mass is 16.5. The number of aliphatic hydroxyl groups is 1. The van der Waals surface area contributed by atoms with Crippen molar-refractivity contribution in [2.45, 2.75) is 130 Å². The minimum Gasteiger partial charge on any atom is -0.462 e. The van der Waals surface area contributed by atoms with Crippen molar-refractivity contribution >= 4 is 5.97 Å². The van der Waals surface area contributed by atoms with Crippen molar-refractivity contribution in [1.29, 1.82) is 0 Å². The van der Waals surface area contributed by atoms with E-state index in [0.29, 0.717) is 13.1 Å². The number of carbonyl (C=O) groups is 1. The highest BCUT2D eigenvalue weighted by molar-refractivity contribution is 5.76. The molecule has 7 nitrogen and oxygen atoms in total. The largest absolute Gasteiger partial charge is 0.462 e. The molecule has 7 heteroatoms. The Morgan fingerprint density at radius 3 is 1.65 bits per heavy atom. The Morgan fingerprint density at radius 1 is 0.730 bits per heavy atom. The smallest absolute Gasteiger partial charge is 0.311 e. The molecule has 0 aromatic carbocycles. The van der Waals surface area contributed by atoms with Crippen molar-refractivity contribution in [2.75, 3.05) is 52.4 Å². The predicted octanol–water partition coefficient (Wildman–Crippen LogP) is 4.91. The van der Waals surface area contributed by atoms with Crippen LogP contribution in [0.3, 0.4) is 0 Å². The molecule has 0 bridgehead atoms. The fourth-order valence-electron chi connectivity index (χ4n) is 4.65. The van der Waals surface area contributed by atoms with E-state index in [4.69, 9.17) is 10.5 Å². The monoisotopic (exact) mass is 528 g/mol. The molecule has 0 fully saturated rings. The molecule has 0 spiro atoms. The summed E-state index contributed by atoms with van der Waals surface area (Å²) < 4.78 is 5.66. The maximum Gasteiger partial charge on any atom is 0.311 e. The van der Waals surface area contributed by atoms with Crippen LogP contribution in [0.1, 0.15) is 124 Å². The molecule has 0 aliphatic carbocycles. The number of carbonyl (C=O) groups excluding carboxylic acids is 1. The van der Waals surface area contributed by atoms with E-state index in [0.717, 1.165) is 58.4 Å². The van der Waals surface area contributed by atoms with Gasteiger partial charge in [-0.3, -0.25) is 4.79 Å². The lowest BCUT2D eigenvalue weighted by molar-refractivity contribution is -0.159. The molecule has 222 valence electrons. The number of aliphatic hydroxyl groups excluding tert-OH is 1. The molecule has 0 unspecified atom stereocenters. The first-order chi connectivity index (χ1) is 18.0. The van der Waals surface area contributed by atoms with Gasteiger partial charge in [0.25, 0.3) is 0 Å². The van der Waals surface area contributed by atoms with Gasteiger partial charge in [0.05, 0.1) is 5.41 Å². The average molecular weight is 529 g/mol. The molecular formula is C30H64N4O3. The van der Waals surface area contributed by atoms with E-state index in [9.17, 15) is 9.90 Å². The molecule has 0 aliphatic rings. The fourth-order valence-corrected chi connectivity index (χ4v) is 4.65. The van der Waals surface area contributed by atoms with E-state index in [-0.39, 0.29) is 12.6 Å². The van der Waals surface area contributed by atoms with Crippen molar-refractivity contribution in [3.8, 4) is 0 Å². The molecule has 6 N–H and O–H groups in total. The zero-order chi connectivity index (χ0) is 27.5. The van der Waals surface area contributed by atoms with Crippen molar-refractivity contribution in [1.82, 2.24) is 16.0 Å². The van der Waals surface area contributed by atoms with Gasteiger partial charge in [-0.15, -0.1) is 0 Å². The number of hydrogen-bond donors (Lipinski definition) is 5. The van der Waals surface area contributed by atoms with Crippen molar-refractivity contribution < 1.29 is 14.6 Å². The van der Waals surface area contributed by atoms with Crippen LogP contribution in [0, 0.1) is 5.41 Å². The standard InChI is InChI=1S/C30H64N4O3/c1-4-6-8-10-12-14-16-18-30(3,19-17-15-13-11-9-7-5-2)29(36)37-27-28(35)26-34-25-24-33-23-22-32-21-20-31/h28,32-35H,4-27,31H2,1-3H3/t28-/m1/s1. The molecule has 0 aliphatic heterocycles. The first-order valence-corrected chi connectivity index (χ1v) is 15.7. The van der Waals surface area contributed by atoms with Crippen LogP contribution in [-0.4, -0.2) is 69.6 Å². The van der Waals surface area contributed by atoms with Gasteiger partial charge in [0.15, 0.2) is 0 Å². The van der Waals surface area contributed by atoms with Crippen LogP contribution < -0.4 is 21.7 Å². The molecule has 0 rings (SSSR count). The van der Waals surface area contributed by atoms with E-state index in [2.05, 4.69) is 36.7 Å². The zero-order valence-corrected chi connectivity index (χ0v) is 24.9. The summed E-state index contributed by atoms with van der Waals surface area (Å²) in [6.07, 6.45) is 18.6. The lowest BCUT2D eigenvalue weighted by Crippen LogP contribution is -2.38. The second-order valence-corrected chi connectivity index (χ2v) is 11.0. The van der Waals surface area contributed by atoms with Gasteiger partial charge >= 0.3 is 5.97 Å². The Kier molecular flexibility index (Phi) is 26.3. The summed E-state index contributed by atoms with van der Waals surface area (Å²) in [4.78, 5) is 13.1. The molecule has 0 saturated heterocycles. The molecule has 1 atom stereocenters. The first-order valence-electron chi connectivity index (χ1n) is 15.7. The second-order valence-electron chi connectivity index (χ2n) is 11.0. The summed E-state index contributed by atoms with van der Waals surface area (Å²) >= 11 is 0. The van der Waals surface area contributed by atoms with Crippen molar-refractivity contribution in [3.63, 3.8) is 0 Å². The third-order valence-electron chi connectivity index (χ3n) is 7.22. The molecule has 0 saturated carbocycles. The van der Waals surface area contributed by atoms with E-state index >= 15 is 0 Å². The molecular weight excluding hydrogens is 464 g/mol. The Morgan fingerprint density at radius 2 is 1.16 bits per heavy atom. The summed E-state index contributed by atoms with van der Waals surface area (Å²) in [5.74, 6) is -0.129. The van der Waals surface area contributed by atoms with Crippen LogP contribution in [0.2, 0.25) is 0 Å². The Labute approximate surface area is 229 Å². The summed E-state index contributed by atoms with van der Waals surface area (Å²) in [5, 5.41) is 20.1. The van der Waals surface area contributed by atoms with Gasteiger partial charge in [-0.1, -0.05) is 104 Å². The second kappa shape index (κ2) is 26.9. The fraction of sp³-hybridized carbons (Fsp3) is 0.967. The molecule has 0 aromatic heterocycles. The minimum atomic E-state index is -0.684. The lowest BCUT2D eigenvalue weighted by Gasteiger charge is -2.28. The number of esters is 1. The normalized spacial score (nSPS) is 12.7. The van der Waals surface area contributed by atoms with Crippen LogP contribution in [0.15, 0.2) is 0 Å². The van der Waals surface area contributed by atoms with Gasteiger partial charge in [0.1, 0.15) is 12.7 Å². The molecule has 0 heterocycles. The van der Waals surface area contributed by atoms with Crippen LogP contribution in [0.5, 0.6) is 0 Å². The lowest BCUT2D eigenvalue weighted by atomic mass is 9.79. The quantitative estimate of drug-likeness (QED) is 0.0693. The van der Waals surface area contributed by atoms with Crippen molar-refractivity contribution in [2.24, 2.45) is 11.1 Å². The summed E-state index contributed by atoms with van der Waals surface area (Å²) in [6, 6.07) is 0. The molecule has 0 amide bonds. The Bertz CT molecular complexity index is 475. The van der Waals surface area contributed by atoms with Crippen LogP contribution >= 0.6 is 0 Å². The van der Waals surface area contributed by atoms with Gasteiger partial charge in [0, 0.05) is 45.8 Å². The third-order valence-corrected chi connectivity index (χ3v) is 7.22. The number of unbranched alkanes of at least 4 members (excludes halogenated alkanes) is 12. The van der Waals surface area contributed by atoms with E-state index in [1.54, 1.807) is 0 Å². The highest BCUT2D eigenvalue weighted by Crippen LogP contribution is 2.33. The van der Waals surface area contributed by atoms with Crippen LogP contribution in [-0.2, 0) is 9.53 Å². The van der Waals surface area contributed by atoms with Crippen LogP contribution in [0.4, 0.5) is 0 Å². The van der Waals surface area contributed by atoms with E-state index in [1.165, 1.54) is 77.0 Å². The first kappa shape index (κ1) is 36.3. The maximum atomic E-state index is 13.1. The molecule has 0 aromatic rings. The Hall–Kier alpha value is -0.730. The number of nitrogens with one attached hydrogen (secondary N) is 3. The van der Waals surface area contributed by atoms with Gasteiger partial charge in [-0.05, 0) is 19.8 Å².